The Hall–Kier alpha value is -2.82. The average Bonchev–Trinajstić information content (AvgIpc) is 2.59. The Kier molecular flexibility index (Phi) is 6.17. The van der Waals surface area contributed by atoms with Crippen molar-refractivity contribution in [3.8, 4) is 5.75 Å². The number of amides is 2. The number of ether oxygens (including phenoxy) is 1. The minimum absolute atomic E-state index is 0.0667. The van der Waals surface area contributed by atoms with E-state index >= 15 is 0 Å². The maximum absolute atomic E-state index is 11.8. The number of anilines is 1. The summed E-state index contributed by atoms with van der Waals surface area (Å²) in [6.07, 6.45) is 0.890. The molecule has 0 saturated heterocycles. The summed E-state index contributed by atoms with van der Waals surface area (Å²) in [6.45, 7) is 2.58. The zero-order chi connectivity index (χ0) is 16.5. The standard InChI is InChI=1S/C18H20N2O3/c1-2-12-19-18(22)14-8-10-15(11-9-14)20-17(21)13-23-16-6-4-3-5-7-16/h3-11H,2,12-13H2,1H3,(H,19,22)(H,20,21). The summed E-state index contributed by atoms with van der Waals surface area (Å²) in [6, 6.07) is 15.9. The van der Waals surface area contributed by atoms with Crippen molar-refractivity contribution in [3.05, 3.63) is 60.2 Å². The Balaban J connectivity index is 1.83. The van der Waals surface area contributed by atoms with Crippen LogP contribution in [0.2, 0.25) is 0 Å². The van der Waals surface area contributed by atoms with Crippen LogP contribution in [0.25, 0.3) is 0 Å². The van der Waals surface area contributed by atoms with Crippen LogP contribution in [0, 0.1) is 0 Å². The molecule has 0 unspecified atom stereocenters. The molecule has 0 aliphatic carbocycles. The Labute approximate surface area is 135 Å². The van der Waals surface area contributed by atoms with Crippen LogP contribution in [0.15, 0.2) is 54.6 Å². The number of benzene rings is 2. The number of carbonyl (C=O) groups is 2. The van der Waals surface area contributed by atoms with Crippen molar-refractivity contribution < 1.29 is 14.3 Å². The molecular weight excluding hydrogens is 292 g/mol. The molecule has 5 nitrogen and oxygen atoms in total. The van der Waals surface area contributed by atoms with Crippen molar-refractivity contribution >= 4 is 17.5 Å². The molecule has 0 bridgehead atoms. The molecule has 2 rings (SSSR count). The highest BCUT2D eigenvalue weighted by molar-refractivity contribution is 5.96. The molecule has 5 heteroatoms. The first-order valence-electron chi connectivity index (χ1n) is 7.55. The normalized spacial score (nSPS) is 9.96. The van der Waals surface area contributed by atoms with Crippen LogP contribution >= 0.6 is 0 Å². The maximum Gasteiger partial charge on any atom is 0.262 e. The Morgan fingerprint density at radius 2 is 1.70 bits per heavy atom. The van der Waals surface area contributed by atoms with Gasteiger partial charge < -0.3 is 15.4 Å². The number of nitrogens with one attached hydrogen (secondary N) is 2. The van der Waals surface area contributed by atoms with Gasteiger partial charge >= 0.3 is 0 Å². The first kappa shape index (κ1) is 16.5. The molecule has 120 valence electrons. The van der Waals surface area contributed by atoms with E-state index in [0.29, 0.717) is 23.5 Å². The van der Waals surface area contributed by atoms with Crippen LogP contribution < -0.4 is 15.4 Å². The maximum atomic E-state index is 11.8. The van der Waals surface area contributed by atoms with Gasteiger partial charge in [0.05, 0.1) is 0 Å². The zero-order valence-corrected chi connectivity index (χ0v) is 13.0. The molecule has 0 aliphatic rings. The van der Waals surface area contributed by atoms with E-state index in [1.165, 1.54) is 0 Å². The molecule has 2 N–H and O–H groups in total. The lowest BCUT2D eigenvalue weighted by molar-refractivity contribution is -0.118. The molecule has 0 saturated carbocycles. The van der Waals surface area contributed by atoms with Crippen LogP contribution in [0.5, 0.6) is 5.75 Å². The molecule has 0 heterocycles. The van der Waals surface area contributed by atoms with Gasteiger partial charge in [0.2, 0.25) is 0 Å². The molecule has 0 radical (unpaired) electrons. The lowest BCUT2D eigenvalue weighted by Gasteiger charge is -2.08. The fraction of sp³-hybridized carbons (Fsp3) is 0.222. The first-order valence-corrected chi connectivity index (χ1v) is 7.55. The van der Waals surface area contributed by atoms with Crippen molar-refractivity contribution in [1.82, 2.24) is 5.32 Å². The quantitative estimate of drug-likeness (QED) is 0.826. The third kappa shape index (κ3) is 5.47. The highest BCUT2D eigenvalue weighted by Gasteiger charge is 2.06. The topological polar surface area (TPSA) is 67.4 Å². The van der Waals surface area contributed by atoms with Crippen molar-refractivity contribution in [2.75, 3.05) is 18.5 Å². The largest absolute Gasteiger partial charge is 0.484 e. The van der Waals surface area contributed by atoms with Crippen LogP contribution in [0.3, 0.4) is 0 Å². The Morgan fingerprint density at radius 1 is 1.00 bits per heavy atom. The van der Waals surface area contributed by atoms with Crippen molar-refractivity contribution in [2.24, 2.45) is 0 Å². The Morgan fingerprint density at radius 3 is 2.35 bits per heavy atom. The van der Waals surface area contributed by atoms with Gasteiger partial charge in [-0.05, 0) is 42.8 Å². The van der Waals surface area contributed by atoms with Gasteiger partial charge in [-0.3, -0.25) is 9.59 Å². The van der Waals surface area contributed by atoms with Crippen molar-refractivity contribution in [1.29, 1.82) is 0 Å². The molecule has 2 aromatic rings. The van der Waals surface area contributed by atoms with E-state index in [-0.39, 0.29) is 18.4 Å². The number of hydrogen-bond donors (Lipinski definition) is 2. The van der Waals surface area contributed by atoms with E-state index in [1.54, 1.807) is 36.4 Å². The minimum Gasteiger partial charge on any atom is -0.484 e. The van der Waals surface area contributed by atoms with Gasteiger partial charge in [0, 0.05) is 17.8 Å². The highest BCUT2D eigenvalue weighted by atomic mass is 16.5. The van der Waals surface area contributed by atoms with E-state index in [2.05, 4.69) is 10.6 Å². The van der Waals surface area contributed by atoms with Crippen LogP contribution in [-0.4, -0.2) is 25.0 Å². The lowest BCUT2D eigenvalue weighted by atomic mass is 10.2. The smallest absolute Gasteiger partial charge is 0.262 e. The summed E-state index contributed by atoms with van der Waals surface area (Å²) >= 11 is 0. The molecule has 2 aromatic carbocycles. The van der Waals surface area contributed by atoms with Gasteiger partial charge in [-0.2, -0.15) is 0 Å². The van der Waals surface area contributed by atoms with Crippen molar-refractivity contribution in [2.45, 2.75) is 13.3 Å². The summed E-state index contributed by atoms with van der Waals surface area (Å²) in [5, 5.41) is 5.53. The molecule has 0 atom stereocenters. The molecule has 0 fully saturated rings. The fourth-order valence-electron chi connectivity index (χ4n) is 1.91. The molecule has 0 aromatic heterocycles. The number of hydrogen-bond acceptors (Lipinski definition) is 3. The lowest BCUT2D eigenvalue weighted by Crippen LogP contribution is -2.24. The van der Waals surface area contributed by atoms with Crippen LogP contribution in [0.1, 0.15) is 23.7 Å². The number of para-hydroxylation sites is 1. The SMILES string of the molecule is CCCNC(=O)c1ccc(NC(=O)COc2ccccc2)cc1. The average molecular weight is 312 g/mol. The van der Waals surface area contributed by atoms with Crippen LogP contribution in [0.4, 0.5) is 5.69 Å². The number of rotatable bonds is 7. The third-order valence-electron chi connectivity index (χ3n) is 3.08. The summed E-state index contributed by atoms with van der Waals surface area (Å²) in [5.41, 5.74) is 1.19. The monoisotopic (exact) mass is 312 g/mol. The zero-order valence-electron chi connectivity index (χ0n) is 13.0. The predicted octanol–water partition coefficient (Wildman–Crippen LogP) is 2.84. The predicted molar refractivity (Wildman–Crippen MR) is 89.6 cm³/mol. The molecule has 0 aliphatic heterocycles. The Bertz CT molecular complexity index is 639. The molecule has 23 heavy (non-hydrogen) atoms. The summed E-state index contributed by atoms with van der Waals surface area (Å²) in [4.78, 5) is 23.6. The van der Waals surface area contributed by atoms with E-state index in [1.807, 2.05) is 25.1 Å². The van der Waals surface area contributed by atoms with Crippen LogP contribution in [-0.2, 0) is 4.79 Å². The summed E-state index contributed by atoms with van der Waals surface area (Å²) in [7, 11) is 0. The highest BCUT2D eigenvalue weighted by Crippen LogP contribution is 2.11. The fourth-order valence-corrected chi connectivity index (χ4v) is 1.91. The van der Waals surface area contributed by atoms with E-state index in [4.69, 9.17) is 4.74 Å². The molecular formula is C18H20N2O3. The van der Waals surface area contributed by atoms with Gasteiger partial charge in [-0.15, -0.1) is 0 Å². The summed E-state index contributed by atoms with van der Waals surface area (Å²) < 4.78 is 5.37. The van der Waals surface area contributed by atoms with Gasteiger partial charge in [0.1, 0.15) is 5.75 Å². The van der Waals surface area contributed by atoms with Gasteiger partial charge in [0.15, 0.2) is 6.61 Å². The number of carbonyl (C=O) groups excluding carboxylic acids is 2. The van der Waals surface area contributed by atoms with Crippen molar-refractivity contribution in [3.63, 3.8) is 0 Å². The second-order valence-electron chi connectivity index (χ2n) is 4.98. The van der Waals surface area contributed by atoms with Gasteiger partial charge in [-0.1, -0.05) is 25.1 Å². The second kappa shape index (κ2) is 8.58. The molecule has 0 spiro atoms. The second-order valence-corrected chi connectivity index (χ2v) is 4.98. The van der Waals surface area contributed by atoms with E-state index < -0.39 is 0 Å². The van der Waals surface area contributed by atoms with Gasteiger partial charge in [0.25, 0.3) is 11.8 Å². The van der Waals surface area contributed by atoms with E-state index in [0.717, 1.165) is 6.42 Å². The van der Waals surface area contributed by atoms with Gasteiger partial charge in [-0.25, -0.2) is 0 Å². The minimum atomic E-state index is -0.253. The van der Waals surface area contributed by atoms with E-state index in [9.17, 15) is 9.59 Å². The first-order chi connectivity index (χ1) is 11.2. The summed E-state index contributed by atoms with van der Waals surface area (Å²) in [5.74, 6) is 0.278. The third-order valence-corrected chi connectivity index (χ3v) is 3.08. The molecule has 2 amide bonds.